The third-order valence-electron chi connectivity index (χ3n) is 5.16. The highest BCUT2D eigenvalue weighted by atomic mass is 35.5. The maximum Gasteiger partial charge on any atom is 0.160 e. The lowest BCUT2D eigenvalue weighted by atomic mass is 9.84. The van der Waals surface area contributed by atoms with Gasteiger partial charge >= 0.3 is 0 Å². The Labute approximate surface area is 149 Å². The van der Waals surface area contributed by atoms with Crippen LogP contribution in [-0.2, 0) is 11.2 Å². The Balaban J connectivity index is 1.94. The number of fused-ring (bicyclic) bond motifs is 1. The molecule has 3 rings (SSSR count). The highest BCUT2D eigenvalue weighted by Gasteiger charge is 2.29. The van der Waals surface area contributed by atoms with Gasteiger partial charge in [-0.3, -0.25) is 4.79 Å². The first-order chi connectivity index (χ1) is 11.4. The van der Waals surface area contributed by atoms with Crippen molar-refractivity contribution in [3.05, 3.63) is 34.4 Å². The fourth-order valence-electron chi connectivity index (χ4n) is 3.92. The summed E-state index contributed by atoms with van der Waals surface area (Å²) in [5.74, 6) is 0.413. The number of carbonyl (C=O) groups is 1. The third kappa shape index (κ3) is 3.77. The van der Waals surface area contributed by atoms with Crippen LogP contribution in [-0.4, -0.2) is 11.3 Å². The maximum absolute atomic E-state index is 12.8. The van der Waals surface area contributed by atoms with Gasteiger partial charge in [-0.1, -0.05) is 37.3 Å². The number of benzene rings is 1. The number of hydrogen-bond acceptors (Lipinski definition) is 3. The molecule has 130 valence electrons. The summed E-state index contributed by atoms with van der Waals surface area (Å²) in [6.45, 7) is 4.29. The number of allylic oxidation sites excluding steroid dienone is 1. The number of nitrogens with one attached hydrogen (secondary N) is 1. The summed E-state index contributed by atoms with van der Waals surface area (Å²) in [6, 6.07) is 3.84. The zero-order chi connectivity index (χ0) is 17.3. The Hall–Kier alpha value is -1.48. The minimum absolute atomic E-state index is 0.109. The zero-order valence-electron chi connectivity index (χ0n) is 14.6. The summed E-state index contributed by atoms with van der Waals surface area (Å²) in [6.07, 6.45) is 9.53. The average Bonchev–Trinajstić information content (AvgIpc) is 2.77. The van der Waals surface area contributed by atoms with Crippen molar-refractivity contribution >= 4 is 28.8 Å². The molecule has 2 aliphatic rings. The van der Waals surface area contributed by atoms with E-state index in [1.54, 1.807) is 0 Å². The van der Waals surface area contributed by atoms with Gasteiger partial charge in [-0.25, -0.2) is 0 Å². The molecule has 0 spiro atoms. The summed E-state index contributed by atoms with van der Waals surface area (Å²) >= 11 is 6.20. The van der Waals surface area contributed by atoms with E-state index in [1.807, 2.05) is 18.2 Å². The van der Waals surface area contributed by atoms with Gasteiger partial charge in [0.25, 0.3) is 0 Å². The predicted octanol–water partition coefficient (Wildman–Crippen LogP) is 4.73. The second-order valence-electron chi connectivity index (χ2n) is 7.87. The first kappa shape index (κ1) is 17.3. The average molecular weight is 347 g/mol. The molecule has 1 heterocycles. The molecule has 0 atom stereocenters. The SMILES string of the molecule is CC1(C)Cc2cc(Cl)c(N)cc2/C(=C/C(=O)C2CCCCCC2)N1. The van der Waals surface area contributed by atoms with Gasteiger partial charge in [0.1, 0.15) is 0 Å². The van der Waals surface area contributed by atoms with E-state index in [0.717, 1.165) is 48.9 Å². The molecule has 0 unspecified atom stereocenters. The number of nitrogens with two attached hydrogens (primary N) is 1. The standard InChI is InChI=1S/C20H27ClN2O/c1-20(2)12-14-9-16(21)17(22)10-15(14)18(23-20)11-19(24)13-7-5-3-4-6-8-13/h9-11,13,23H,3-8,12,22H2,1-2H3/b18-11-. The molecule has 1 aromatic carbocycles. The van der Waals surface area contributed by atoms with Crippen molar-refractivity contribution in [3.8, 4) is 0 Å². The van der Waals surface area contributed by atoms with Gasteiger partial charge in [0.15, 0.2) is 5.78 Å². The van der Waals surface area contributed by atoms with Gasteiger partial charge in [0.2, 0.25) is 0 Å². The normalized spacial score (nSPS) is 22.5. The Morgan fingerprint density at radius 2 is 1.92 bits per heavy atom. The number of nitrogen functional groups attached to an aromatic ring is 1. The van der Waals surface area contributed by atoms with Gasteiger partial charge in [0.05, 0.1) is 10.7 Å². The van der Waals surface area contributed by atoms with Crippen LogP contribution < -0.4 is 11.1 Å². The minimum Gasteiger partial charge on any atom is -0.398 e. The second-order valence-corrected chi connectivity index (χ2v) is 8.27. The number of rotatable bonds is 2. The van der Waals surface area contributed by atoms with E-state index in [-0.39, 0.29) is 17.2 Å². The minimum atomic E-state index is -0.109. The van der Waals surface area contributed by atoms with Crippen LogP contribution in [0.4, 0.5) is 5.69 Å². The molecule has 0 aromatic heterocycles. The highest BCUT2D eigenvalue weighted by Crippen LogP contribution is 2.35. The van der Waals surface area contributed by atoms with Gasteiger partial charge < -0.3 is 11.1 Å². The lowest BCUT2D eigenvalue weighted by Crippen LogP contribution is -2.44. The Bertz CT molecular complexity index is 670. The van der Waals surface area contributed by atoms with Gasteiger partial charge in [-0.15, -0.1) is 0 Å². The van der Waals surface area contributed by atoms with E-state index in [2.05, 4.69) is 19.2 Å². The molecule has 0 saturated heterocycles. The van der Waals surface area contributed by atoms with Crippen molar-refractivity contribution in [3.63, 3.8) is 0 Å². The van der Waals surface area contributed by atoms with E-state index in [4.69, 9.17) is 17.3 Å². The topological polar surface area (TPSA) is 55.1 Å². The molecule has 24 heavy (non-hydrogen) atoms. The van der Waals surface area contributed by atoms with Gasteiger partial charge in [0, 0.05) is 28.8 Å². The Kier molecular flexibility index (Phi) is 4.91. The summed E-state index contributed by atoms with van der Waals surface area (Å²) in [4.78, 5) is 12.8. The zero-order valence-corrected chi connectivity index (χ0v) is 15.4. The number of halogens is 1. The van der Waals surface area contributed by atoms with Crippen LogP contribution in [0.5, 0.6) is 0 Å². The third-order valence-corrected chi connectivity index (χ3v) is 5.49. The first-order valence-electron chi connectivity index (χ1n) is 8.98. The van der Waals surface area contributed by atoms with Crippen molar-refractivity contribution in [2.75, 3.05) is 5.73 Å². The number of anilines is 1. The molecule has 1 saturated carbocycles. The summed E-state index contributed by atoms with van der Waals surface area (Å²) < 4.78 is 0. The molecule has 1 aliphatic heterocycles. The quantitative estimate of drug-likeness (QED) is 0.462. The van der Waals surface area contributed by atoms with Crippen molar-refractivity contribution in [2.24, 2.45) is 5.92 Å². The van der Waals surface area contributed by atoms with Gasteiger partial charge in [-0.05, 0) is 50.8 Å². The smallest absolute Gasteiger partial charge is 0.160 e. The molecule has 3 nitrogen and oxygen atoms in total. The van der Waals surface area contributed by atoms with Crippen LogP contribution in [0, 0.1) is 5.92 Å². The number of carbonyl (C=O) groups excluding carboxylic acids is 1. The lowest BCUT2D eigenvalue weighted by Gasteiger charge is -2.36. The van der Waals surface area contributed by atoms with Crippen LogP contribution in [0.25, 0.3) is 5.70 Å². The van der Waals surface area contributed by atoms with Crippen LogP contribution in [0.3, 0.4) is 0 Å². The number of ketones is 1. The van der Waals surface area contributed by atoms with Crippen LogP contribution >= 0.6 is 11.6 Å². The molecule has 1 fully saturated rings. The molecule has 1 aliphatic carbocycles. The molecular weight excluding hydrogens is 320 g/mol. The first-order valence-corrected chi connectivity index (χ1v) is 9.35. The van der Waals surface area contributed by atoms with Crippen molar-refractivity contribution in [1.29, 1.82) is 0 Å². The summed E-state index contributed by atoms with van der Waals surface area (Å²) in [5, 5.41) is 4.11. The van der Waals surface area contributed by atoms with E-state index in [9.17, 15) is 4.79 Å². The van der Waals surface area contributed by atoms with E-state index in [1.165, 1.54) is 12.8 Å². The van der Waals surface area contributed by atoms with Crippen molar-refractivity contribution < 1.29 is 4.79 Å². The molecule has 4 heteroatoms. The monoisotopic (exact) mass is 346 g/mol. The van der Waals surface area contributed by atoms with Crippen LogP contribution in [0.2, 0.25) is 5.02 Å². The number of hydrogen-bond donors (Lipinski definition) is 2. The Morgan fingerprint density at radius 3 is 2.58 bits per heavy atom. The fraction of sp³-hybridized carbons (Fsp3) is 0.550. The van der Waals surface area contributed by atoms with Gasteiger partial charge in [-0.2, -0.15) is 0 Å². The largest absolute Gasteiger partial charge is 0.398 e. The maximum atomic E-state index is 12.8. The predicted molar refractivity (Wildman–Crippen MR) is 101 cm³/mol. The molecule has 3 N–H and O–H groups in total. The highest BCUT2D eigenvalue weighted by molar-refractivity contribution is 6.33. The molecule has 0 radical (unpaired) electrons. The van der Waals surface area contributed by atoms with Crippen molar-refractivity contribution in [1.82, 2.24) is 5.32 Å². The summed E-state index contributed by atoms with van der Waals surface area (Å²) in [5.41, 5.74) is 9.50. The van der Waals surface area contributed by atoms with Crippen LogP contribution in [0.15, 0.2) is 18.2 Å². The van der Waals surface area contributed by atoms with Crippen LogP contribution in [0.1, 0.15) is 63.5 Å². The molecule has 0 amide bonds. The summed E-state index contributed by atoms with van der Waals surface area (Å²) in [7, 11) is 0. The lowest BCUT2D eigenvalue weighted by molar-refractivity contribution is -0.118. The molecule has 1 aromatic rings. The second kappa shape index (κ2) is 6.79. The van der Waals surface area contributed by atoms with Crippen molar-refractivity contribution in [2.45, 2.75) is 64.3 Å². The fourth-order valence-corrected chi connectivity index (χ4v) is 4.10. The van der Waals surface area contributed by atoms with E-state index >= 15 is 0 Å². The van der Waals surface area contributed by atoms with E-state index < -0.39 is 0 Å². The Morgan fingerprint density at radius 1 is 1.25 bits per heavy atom. The molecular formula is C20H27ClN2O. The van der Waals surface area contributed by atoms with E-state index in [0.29, 0.717) is 10.7 Å². The molecule has 0 bridgehead atoms.